The van der Waals surface area contributed by atoms with Crippen molar-refractivity contribution in [3.05, 3.63) is 35.9 Å². The molecule has 152 valence electrons. The number of guanidine groups is 1. The van der Waals surface area contributed by atoms with Crippen LogP contribution in [0.25, 0.3) is 0 Å². The second-order valence-electron chi connectivity index (χ2n) is 6.96. The van der Waals surface area contributed by atoms with E-state index in [1.807, 2.05) is 11.0 Å². The lowest BCUT2D eigenvalue weighted by Crippen LogP contribution is -2.44. The topological polar surface area (TPSA) is 56.7 Å². The molecule has 0 spiro atoms. The van der Waals surface area contributed by atoms with Crippen LogP contribution in [0, 0.1) is 0 Å². The fourth-order valence-electron chi connectivity index (χ4n) is 3.36. The number of halogens is 1. The molecule has 1 unspecified atom stereocenters. The molecule has 6 heteroatoms. The number of amides is 1. The van der Waals surface area contributed by atoms with Gasteiger partial charge < -0.3 is 15.5 Å². The molecule has 0 saturated carbocycles. The summed E-state index contributed by atoms with van der Waals surface area (Å²) in [5.41, 5.74) is 1.35. The highest BCUT2D eigenvalue weighted by atomic mass is 127. The van der Waals surface area contributed by atoms with Gasteiger partial charge in [0.15, 0.2) is 5.96 Å². The number of carbonyl (C=O) groups is 1. The third-order valence-corrected chi connectivity index (χ3v) is 4.84. The minimum absolute atomic E-state index is 0. The third kappa shape index (κ3) is 8.95. The van der Waals surface area contributed by atoms with Crippen LogP contribution in [0.15, 0.2) is 35.3 Å². The smallest absolute Gasteiger partial charge is 0.224 e. The molecule has 1 aliphatic heterocycles. The van der Waals surface area contributed by atoms with Crippen molar-refractivity contribution in [3.8, 4) is 0 Å². The molecule has 2 rings (SSSR count). The monoisotopic (exact) mass is 486 g/mol. The number of hydrogen-bond acceptors (Lipinski definition) is 2. The first kappa shape index (κ1) is 23.7. The van der Waals surface area contributed by atoms with Gasteiger partial charge in [-0.05, 0) is 51.5 Å². The van der Waals surface area contributed by atoms with Crippen molar-refractivity contribution in [1.82, 2.24) is 15.5 Å². The third-order valence-electron chi connectivity index (χ3n) is 4.84. The van der Waals surface area contributed by atoms with Gasteiger partial charge in [0.1, 0.15) is 0 Å². The number of benzene rings is 1. The highest BCUT2D eigenvalue weighted by molar-refractivity contribution is 14.0. The van der Waals surface area contributed by atoms with Crippen molar-refractivity contribution in [2.45, 2.75) is 58.4 Å². The zero-order chi connectivity index (χ0) is 18.6. The molecule has 1 fully saturated rings. The second kappa shape index (κ2) is 13.8. The van der Waals surface area contributed by atoms with Crippen molar-refractivity contribution in [1.29, 1.82) is 0 Å². The molecule has 1 amide bonds. The van der Waals surface area contributed by atoms with Crippen LogP contribution in [0.2, 0.25) is 0 Å². The highest BCUT2D eigenvalue weighted by Crippen LogP contribution is 2.16. The normalized spacial score (nSPS) is 17.2. The van der Waals surface area contributed by atoms with E-state index in [9.17, 15) is 4.79 Å². The number of likely N-dealkylation sites (tertiary alicyclic amines) is 1. The molecule has 0 aromatic heterocycles. The van der Waals surface area contributed by atoms with E-state index in [-0.39, 0.29) is 29.9 Å². The lowest BCUT2D eigenvalue weighted by atomic mass is 10.0. The van der Waals surface area contributed by atoms with Crippen LogP contribution in [0.5, 0.6) is 0 Å². The van der Waals surface area contributed by atoms with E-state index < -0.39 is 0 Å². The van der Waals surface area contributed by atoms with Crippen molar-refractivity contribution in [2.24, 2.45) is 4.99 Å². The van der Waals surface area contributed by atoms with Gasteiger partial charge in [0.05, 0.1) is 0 Å². The van der Waals surface area contributed by atoms with Gasteiger partial charge in [0.25, 0.3) is 0 Å². The summed E-state index contributed by atoms with van der Waals surface area (Å²) in [6.07, 6.45) is 6.09. The zero-order valence-corrected chi connectivity index (χ0v) is 19.1. The number of hydrogen-bond donors (Lipinski definition) is 2. The molecule has 5 nitrogen and oxygen atoms in total. The largest absolute Gasteiger partial charge is 0.357 e. The predicted octanol–water partition coefficient (Wildman–Crippen LogP) is 3.58. The summed E-state index contributed by atoms with van der Waals surface area (Å²) >= 11 is 0. The van der Waals surface area contributed by atoms with Gasteiger partial charge >= 0.3 is 0 Å². The van der Waals surface area contributed by atoms with Gasteiger partial charge in [-0.2, -0.15) is 0 Å². The molecule has 0 bridgehead atoms. The Morgan fingerprint density at radius 1 is 1.22 bits per heavy atom. The molecule has 2 N–H and O–H groups in total. The number of nitrogens with one attached hydrogen (secondary N) is 2. The Morgan fingerprint density at radius 3 is 2.70 bits per heavy atom. The molecule has 27 heavy (non-hydrogen) atoms. The molecule has 1 aromatic rings. The molecule has 1 heterocycles. The first-order chi connectivity index (χ1) is 12.7. The maximum absolute atomic E-state index is 12.4. The van der Waals surface area contributed by atoms with E-state index in [2.05, 4.69) is 53.7 Å². The standard InChI is InChI=1S/C21H34N4O.HI/c1-3-22-21(23-15-9-13-19-11-5-4-6-12-19)24-16-14-20(26)25-17-8-7-10-18(25)2;/h4-6,11-12,18H,3,7-10,13-17H2,1-2H3,(H2,22,23,24);1H. The lowest BCUT2D eigenvalue weighted by Gasteiger charge is -2.33. The number of nitrogens with zero attached hydrogens (tertiary/aromatic N) is 2. The highest BCUT2D eigenvalue weighted by Gasteiger charge is 2.22. The molecule has 0 radical (unpaired) electrons. The Morgan fingerprint density at radius 2 is 2.00 bits per heavy atom. The van der Waals surface area contributed by atoms with Crippen LogP contribution >= 0.6 is 24.0 Å². The summed E-state index contributed by atoms with van der Waals surface area (Å²) in [4.78, 5) is 19.0. The molecule has 1 aromatic carbocycles. The molecular formula is C21H35IN4O. The van der Waals surface area contributed by atoms with Crippen molar-refractivity contribution in [2.75, 3.05) is 26.2 Å². The Labute approximate surface area is 181 Å². The lowest BCUT2D eigenvalue weighted by molar-refractivity contribution is -0.134. The summed E-state index contributed by atoms with van der Waals surface area (Å²) < 4.78 is 0. The van der Waals surface area contributed by atoms with Crippen LogP contribution in [-0.4, -0.2) is 49.0 Å². The van der Waals surface area contributed by atoms with Crippen molar-refractivity contribution >= 4 is 35.8 Å². The SMILES string of the molecule is CCNC(=NCCCc1ccccc1)NCCC(=O)N1CCCCC1C.I. The van der Waals surface area contributed by atoms with Crippen LogP contribution in [0.3, 0.4) is 0 Å². The molecule has 1 saturated heterocycles. The quantitative estimate of drug-likeness (QED) is 0.256. The zero-order valence-electron chi connectivity index (χ0n) is 16.7. The first-order valence-electron chi connectivity index (χ1n) is 10.1. The van der Waals surface area contributed by atoms with Crippen molar-refractivity contribution < 1.29 is 4.79 Å². The van der Waals surface area contributed by atoms with E-state index in [1.165, 1.54) is 12.0 Å². The fourth-order valence-corrected chi connectivity index (χ4v) is 3.36. The average Bonchev–Trinajstić information content (AvgIpc) is 2.66. The minimum Gasteiger partial charge on any atom is -0.357 e. The maximum Gasteiger partial charge on any atom is 0.224 e. The number of rotatable bonds is 8. The van der Waals surface area contributed by atoms with E-state index in [1.54, 1.807) is 0 Å². The number of piperidine rings is 1. The summed E-state index contributed by atoms with van der Waals surface area (Å²) in [7, 11) is 0. The minimum atomic E-state index is 0. The van der Waals surface area contributed by atoms with Gasteiger partial charge in [-0.25, -0.2) is 0 Å². The number of aliphatic imine (C=N–C) groups is 1. The Bertz CT molecular complexity index is 565. The van der Waals surface area contributed by atoms with Gasteiger partial charge in [0, 0.05) is 38.6 Å². The van der Waals surface area contributed by atoms with E-state index in [0.717, 1.165) is 51.3 Å². The summed E-state index contributed by atoms with van der Waals surface area (Å²) in [6.45, 7) is 7.35. The molecule has 1 atom stereocenters. The van der Waals surface area contributed by atoms with E-state index in [4.69, 9.17) is 0 Å². The second-order valence-corrected chi connectivity index (χ2v) is 6.96. The first-order valence-corrected chi connectivity index (χ1v) is 10.1. The van der Waals surface area contributed by atoms with E-state index >= 15 is 0 Å². The predicted molar refractivity (Wildman–Crippen MR) is 124 cm³/mol. The Balaban J connectivity index is 0.00000364. The summed E-state index contributed by atoms with van der Waals surface area (Å²) in [5.74, 6) is 1.06. The molecule has 1 aliphatic rings. The van der Waals surface area contributed by atoms with Crippen LogP contribution in [-0.2, 0) is 11.2 Å². The van der Waals surface area contributed by atoms with E-state index in [0.29, 0.717) is 19.0 Å². The van der Waals surface area contributed by atoms with Gasteiger partial charge in [-0.1, -0.05) is 30.3 Å². The Hall–Kier alpha value is -1.31. The average molecular weight is 486 g/mol. The summed E-state index contributed by atoms with van der Waals surface area (Å²) in [5, 5.41) is 6.55. The molecular weight excluding hydrogens is 451 g/mol. The fraction of sp³-hybridized carbons (Fsp3) is 0.619. The van der Waals surface area contributed by atoms with Crippen LogP contribution < -0.4 is 10.6 Å². The maximum atomic E-state index is 12.4. The van der Waals surface area contributed by atoms with Gasteiger partial charge in [-0.3, -0.25) is 9.79 Å². The van der Waals surface area contributed by atoms with Gasteiger partial charge in [0.2, 0.25) is 5.91 Å². The van der Waals surface area contributed by atoms with Gasteiger partial charge in [-0.15, -0.1) is 24.0 Å². The Kier molecular flexibility index (Phi) is 12.1. The van der Waals surface area contributed by atoms with Crippen LogP contribution in [0.4, 0.5) is 0 Å². The molecule has 0 aliphatic carbocycles. The number of aryl methyl sites for hydroxylation is 1. The summed E-state index contributed by atoms with van der Waals surface area (Å²) in [6, 6.07) is 10.9. The van der Waals surface area contributed by atoms with Crippen molar-refractivity contribution in [3.63, 3.8) is 0 Å². The number of carbonyl (C=O) groups excluding carboxylic acids is 1. The van der Waals surface area contributed by atoms with Crippen LogP contribution in [0.1, 0.15) is 51.5 Å².